The van der Waals surface area contributed by atoms with Crippen molar-refractivity contribution in [1.82, 2.24) is 5.32 Å². The van der Waals surface area contributed by atoms with E-state index in [0.717, 1.165) is 5.56 Å². The average molecular weight is 312 g/mol. The summed E-state index contributed by atoms with van der Waals surface area (Å²) in [6.45, 7) is 4.30. The molecule has 2 aromatic carbocycles. The number of anilines is 1. The van der Waals surface area contributed by atoms with E-state index in [-0.39, 0.29) is 18.4 Å². The minimum atomic E-state index is -0.279. The SMILES string of the molecule is CCNC(=O)c1cccc(NC(=O)COc2ccc(C)cc2)c1. The van der Waals surface area contributed by atoms with Gasteiger partial charge in [0.1, 0.15) is 5.75 Å². The molecule has 0 aliphatic carbocycles. The molecular weight excluding hydrogens is 292 g/mol. The van der Waals surface area contributed by atoms with Crippen LogP contribution in [0.2, 0.25) is 0 Å². The first kappa shape index (κ1) is 16.5. The maximum Gasteiger partial charge on any atom is 0.262 e. The number of rotatable bonds is 6. The predicted octanol–water partition coefficient (Wildman–Crippen LogP) is 2.76. The van der Waals surface area contributed by atoms with Gasteiger partial charge in [-0.05, 0) is 44.2 Å². The maximum absolute atomic E-state index is 11.9. The summed E-state index contributed by atoms with van der Waals surface area (Å²) in [4.78, 5) is 23.7. The highest BCUT2D eigenvalue weighted by atomic mass is 16.5. The van der Waals surface area contributed by atoms with Crippen LogP contribution >= 0.6 is 0 Å². The quantitative estimate of drug-likeness (QED) is 0.862. The fourth-order valence-corrected chi connectivity index (χ4v) is 1.98. The fourth-order valence-electron chi connectivity index (χ4n) is 1.98. The van der Waals surface area contributed by atoms with E-state index in [0.29, 0.717) is 23.5 Å². The number of carbonyl (C=O) groups excluding carboxylic acids is 2. The summed E-state index contributed by atoms with van der Waals surface area (Å²) in [6, 6.07) is 14.3. The molecule has 0 atom stereocenters. The first-order chi connectivity index (χ1) is 11.1. The Hall–Kier alpha value is -2.82. The highest BCUT2D eigenvalue weighted by Gasteiger charge is 2.07. The molecule has 0 fully saturated rings. The van der Waals surface area contributed by atoms with Crippen LogP contribution in [0.5, 0.6) is 5.75 Å². The van der Waals surface area contributed by atoms with Gasteiger partial charge in [-0.1, -0.05) is 23.8 Å². The third-order valence-corrected chi connectivity index (χ3v) is 3.14. The minimum absolute atomic E-state index is 0.0888. The fraction of sp³-hybridized carbons (Fsp3) is 0.222. The minimum Gasteiger partial charge on any atom is -0.484 e. The number of aryl methyl sites for hydroxylation is 1. The molecule has 23 heavy (non-hydrogen) atoms. The highest BCUT2D eigenvalue weighted by Crippen LogP contribution is 2.13. The standard InChI is InChI=1S/C18H20N2O3/c1-3-19-18(22)14-5-4-6-15(11-14)20-17(21)12-23-16-9-7-13(2)8-10-16/h4-11H,3,12H2,1-2H3,(H,19,22)(H,20,21). The molecule has 0 saturated carbocycles. The van der Waals surface area contributed by atoms with Crippen molar-refractivity contribution < 1.29 is 14.3 Å². The molecule has 0 aliphatic rings. The van der Waals surface area contributed by atoms with Crippen molar-refractivity contribution in [3.05, 3.63) is 59.7 Å². The van der Waals surface area contributed by atoms with E-state index in [1.54, 1.807) is 24.3 Å². The molecule has 0 unspecified atom stereocenters. The smallest absolute Gasteiger partial charge is 0.262 e. The molecule has 0 saturated heterocycles. The van der Waals surface area contributed by atoms with Crippen LogP contribution in [0.25, 0.3) is 0 Å². The number of nitrogens with one attached hydrogen (secondary N) is 2. The largest absolute Gasteiger partial charge is 0.484 e. The van der Waals surface area contributed by atoms with Gasteiger partial charge >= 0.3 is 0 Å². The second kappa shape index (κ2) is 7.98. The second-order valence-electron chi connectivity index (χ2n) is 5.09. The van der Waals surface area contributed by atoms with Crippen molar-refractivity contribution in [2.24, 2.45) is 0 Å². The first-order valence-electron chi connectivity index (χ1n) is 7.46. The van der Waals surface area contributed by atoms with Gasteiger partial charge in [-0.3, -0.25) is 9.59 Å². The van der Waals surface area contributed by atoms with Gasteiger partial charge < -0.3 is 15.4 Å². The highest BCUT2D eigenvalue weighted by molar-refractivity contribution is 5.97. The number of hydrogen-bond acceptors (Lipinski definition) is 3. The molecule has 0 aliphatic heterocycles. The molecule has 0 heterocycles. The molecule has 0 radical (unpaired) electrons. The van der Waals surface area contributed by atoms with Crippen LogP contribution in [-0.4, -0.2) is 25.0 Å². The van der Waals surface area contributed by atoms with Crippen molar-refractivity contribution >= 4 is 17.5 Å². The van der Waals surface area contributed by atoms with Gasteiger partial charge in [0.2, 0.25) is 0 Å². The van der Waals surface area contributed by atoms with Crippen LogP contribution in [0.3, 0.4) is 0 Å². The molecule has 0 spiro atoms. The Morgan fingerprint density at radius 3 is 2.52 bits per heavy atom. The number of ether oxygens (including phenoxy) is 1. The third kappa shape index (κ3) is 5.14. The van der Waals surface area contributed by atoms with Crippen LogP contribution in [0.15, 0.2) is 48.5 Å². The Balaban J connectivity index is 1.91. The molecule has 2 rings (SSSR count). The summed E-state index contributed by atoms with van der Waals surface area (Å²) in [5.74, 6) is 0.194. The van der Waals surface area contributed by atoms with Crippen molar-refractivity contribution in [1.29, 1.82) is 0 Å². The molecule has 0 aromatic heterocycles. The lowest BCUT2D eigenvalue weighted by Crippen LogP contribution is -2.23. The molecule has 2 N–H and O–H groups in total. The van der Waals surface area contributed by atoms with Gasteiger partial charge in [-0.25, -0.2) is 0 Å². The van der Waals surface area contributed by atoms with Gasteiger partial charge in [-0.2, -0.15) is 0 Å². The summed E-state index contributed by atoms with van der Waals surface area (Å²) in [5.41, 5.74) is 2.19. The zero-order valence-corrected chi connectivity index (χ0v) is 13.3. The van der Waals surface area contributed by atoms with E-state index in [2.05, 4.69) is 10.6 Å². The topological polar surface area (TPSA) is 67.4 Å². The van der Waals surface area contributed by atoms with Crippen LogP contribution in [-0.2, 0) is 4.79 Å². The summed E-state index contributed by atoms with van der Waals surface area (Å²) in [7, 11) is 0. The van der Waals surface area contributed by atoms with Gasteiger partial charge in [0.05, 0.1) is 0 Å². The van der Waals surface area contributed by atoms with E-state index < -0.39 is 0 Å². The summed E-state index contributed by atoms with van der Waals surface area (Å²) >= 11 is 0. The third-order valence-electron chi connectivity index (χ3n) is 3.14. The summed E-state index contributed by atoms with van der Waals surface area (Å²) < 4.78 is 5.42. The Labute approximate surface area is 135 Å². The van der Waals surface area contributed by atoms with Crippen LogP contribution in [0.4, 0.5) is 5.69 Å². The molecule has 5 nitrogen and oxygen atoms in total. The predicted molar refractivity (Wildman–Crippen MR) is 89.8 cm³/mol. The average Bonchev–Trinajstić information content (AvgIpc) is 2.55. The van der Waals surface area contributed by atoms with Crippen molar-refractivity contribution in [2.75, 3.05) is 18.5 Å². The number of carbonyl (C=O) groups is 2. The molecule has 2 aromatic rings. The molecule has 5 heteroatoms. The van der Waals surface area contributed by atoms with E-state index in [1.807, 2.05) is 38.1 Å². The Morgan fingerprint density at radius 2 is 1.83 bits per heavy atom. The first-order valence-corrected chi connectivity index (χ1v) is 7.46. The Bertz CT molecular complexity index is 681. The number of benzene rings is 2. The van der Waals surface area contributed by atoms with E-state index in [1.165, 1.54) is 0 Å². The van der Waals surface area contributed by atoms with Gasteiger partial charge in [0.25, 0.3) is 11.8 Å². The van der Waals surface area contributed by atoms with Crippen molar-refractivity contribution in [3.63, 3.8) is 0 Å². The van der Waals surface area contributed by atoms with E-state index in [9.17, 15) is 9.59 Å². The van der Waals surface area contributed by atoms with Crippen LogP contribution in [0.1, 0.15) is 22.8 Å². The molecule has 2 amide bonds. The van der Waals surface area contributed by atoms with Gasteiger partial charge in [0.15, 0.2) is 6.61 Å². The Kier molecular flexibility index (Phi) is 5.74. The van der Waals surface area contributed by atoms with E-state index in [4.69, 9.17) is 4.74 Å². The zero-order valence-electron chi connectivity index (χ0n) is 13.3. The monoisotopic (exact) mass is 312 g/mol. The lowest BCUT2D eigenvalue weighted by atomic mass is 10.2. The van der Waals surface area contributed by atoms with E-state index >= 15 is 0 Å². The maximum atomic E-state index is 11.9. The van der Waals surface area contributed by atoms with Crippen LogP contribution < -0.4 is 15.4 Å². The Morgan fingerprint density at radius 1 is 1.09 bits per heavy atom. The normalized spacial score (nSPS) is 10.0. The lowest BCUT2D eigenvalue weighted by Gasteiger charge is -2.09. The van der Waals surface area contributed by atoms with Crippen molar-refractivity contribution in [2.45, 2.75) is 13.8 Å². The van der Waals surface area contributed by atoms with Crippen molar-refractivity contribution in [3.8, 4) is 5.75 Å². The number of amides is 2. The van der Waals surface area contributed by atoms with Gasteiger partial charge in [0, 0.05) is 17.8 Å². The molecule has 0 bridgehead atoms. The zero-order chi connectivity index (χ0) is 16.7. The molecular formula is C18H20N2O3. The van der Waals surface area contributed by atoms with Crippen LogP contribution in [0, 0.1) is 6.92 Å². The number of hydrogen-bond donors (Lipinski definition) is 2. The molecule has 120 valence electrons. The summed E-state index contributed by atoms with van der Waals surface area (Å²) in [5, 5.41) is 5.43. The second-order valence-corrected chi connectivity index (χ2v) is 5.09. The summed E-state index contributed by atoms with van der Waals surface area (Å²) in [6.07, 6.45) is 0. The van der Waals surface area contributed by atoms with Gasteiger partial charge in [-0.15, -0.1) is 0 Å². The lowest BCUT2D eigenvalue weighted by molar-refractivity contribution is -0.118.